The van der Waals surface area contributed by atoms with E-state index in [0.717, 1.165) is 17.1 Å². The molecule has 0 spiro atoms. The molecule has 1 aromatic heterocycles. The molecule has 2 aromatic carbocycles. The third-order valence-electron chi connectivity index (χ3n) is 4.77. The Bertz CT molecular complexity index is 970. The van der Waals surface area contributed by atoms with E-state index in [9.17, 15) is 9.18 Å². The molecule has 0 bridgehead atoms. The molecule has 28 heavy (non-hydrogen) atoms. The second-order valence-corrected chi connectivity index (χ2v) is 6.99. The summed E-state index contributed by atoms with van der Waals surface area (Å²) in [4.78, 5) is 25.2. The van der Waals surface area contributed by atoms with Gasteiger partial charge in [0.2, 0.25) is 0 Å². The SMILES string of the molecule is O=C(c1ccc(Cl)cc1)N1CCN(c2cc(-c3ccc(F)cc3)ncn2)CC1. The number of amides is 1. The van der Waals surface area contributed by atoms with Gasteiger partial charge in [-0.1, -0.05) is 11.6 Å². The topological polar surface area (TPSA) is 49.3 Å². The third-order valence-corrected chi connectivity index (χ3v) is 5.03. The number of rotatable bonds is 3. The maximum atomic E-state index is 13.1. The Balaban J connectivity index is 1.44. The van der Waals surface area contributed by atoms with Crippen LogP contribution < -0.4 is 4.90 Å². The monoisotopic (exact) mass is 396 g/mol. The maximum absolute atomic E-state index is 13.1. The van der Waals surface area contributed by atoms with Crippen molar-refractivity contribution < 1.29 is 9.18 Å². The number of aromatic nitrogens is 2. The molecule has 0 N–H and O–H groups in total. The molecular weight excluding hydrogens is 379 g/mol. The van der Waals surface area contributed by atoms with Crippen molar-refractivity contribution in [3.63, 3.8) is 0 Å². The Morgan fingerprint density at radius 3 is 2.29 bits per heavy atom. The van der Waals surface area contributed by atoms with E-state index in [-0.39, 0.29) is 11.7 Å². The van der Waals surface area contributed by atoms with Crippen molar-refractivity contribution in [2.45, 2.75) is 0 Å². The number of hydrogen-bond donors (Lipinski definition) is 0. The molecule has 142 valence electrons. The summed E-state index contributed by atoms with van der Waals surface area (Å²) in [5.41, 5.74) is 2.21. The summed E-state index contributed by atoms with van der Waals surface area (Å²) in [6.45, 7) is 2.58. The molecule has 0 aliphatic carbocycles. The van der Waals surface area contributed by atoms with Gasteiger partial charge in [-0.3, -0.25) is 4.79 Å². The molecule has 1 aliphatic rings. The van der Waals surface area contributed by atoms with Crippen LogP contribution in [0.3, 0.4) is 0 Å². The molecule has 5 nitrogen and oxygen atoms in total. The van der Waals surface area contributed by atoms with Crippen LogP contribution in [-0.2, 0) is 0 Å². The number of benzene rings is 2. The van der Waals surface area contributed by atoms with Crippen LogP contribution in [0, 0.1) is 5.82 Å². The number of anilines is 1. The van der Waals surface area contributed by atoms with Crippen molar-refractivity contribution in [3.8, 4) is 11.3 Å². The molecule has 7 heteroatoms. The highest BCUT2D eigenvalue weighted by molar-refractivity contribution is 6.30. The maximum Gasteiger partial charge on any atom is 0.253 e. The average Bonchev–Trinajstić information content (AvgIpc) is 2.74. The van der Waals surface area contributed by atoms with Crippen LogP contribution >= 0.6 is 11.6 Å². The van der Waals surface area contributed by atoms with E-state index >= 15 is 0 Å². The van der Waals surface area contributed by atoms with Gasteiger partial charge in [-0.25, -0.2) is 14.4 Å². The number of halogens is 2. The minimum Gasteiger partial charge on any atom is -0.353 e. The van der Waals surface area contributed by atoms with Gasteiger partial charge in [0.1, 0.15) is 18.0 Å². The first kappa shape index (κ1) is 18.4. The Hall–Kier alpha value is -2.99. The summed E-state index contributed by atoms with van der Waals surface area (Å²) < 4.78 is 13.1. The van der Waals surface area contributed by atoms with Crippen molar-refractivity contribution in [1.82, 2.24) is 14.9 Å². The van der Waals surface area contributed by atoms with E-state index in [1.807, 2.05) is 11.0 Å². The molecule has 0 unspecified atom stereocenters. The summed E-state index contributed by atoms with van der Waals surface area (Å²) in [6.07, 6.45) is 1.51. The summed E-state index contributed by atoms with van der Waals surface area (Å²) >= 11 is 5.89. The normalized spacial score (nSPS) is 14.2. The lowest BCUT2D eigenvalue weighted by Crippen LogP contribution is -2.49. The van der Waals surface area contributed by atoms with Crippen LogP contribution in [0.4, 0.5) is 10.2 Å². The van der Waals surface area contributed by atoms with E-state index in [4.69, 9.17) is 11.6 Å². The van der Waals surface area contributed by atoms with Gasteiger partial charge >= 0.3 is 0 Å². The number of piperazine rings is 1. The van der Waals surface area contributed by atoms with E-state index in [1.54, 1.807) is 36.4 Å². The Morgan fingerprint density at radius 2 is 1.61 bits per heavy atom. The zero-order valence-electron chi connectivity index (χ0n) is 15.1. The molecular formula is C21H18ClFN4O. The Morgan fingerprint density at radius 1 is 0.929 bits per heavy atom. The van der Waals surface area contributed by atoms with Crippen LogP contribution in [0.5, 0.6) is 0 Å². The summed E-state index contributed by atoms with van der Waals surface area (Å²) in [6, 6.07) is 15.1. The lowest BCUT2D eigenvalue weighted by Gasteiger charge is -2.35. The van der Waals surface area contributed by atoms with Crippen LogP contribution in [0.25, 0.3) is 11.3 Å². The van der Waals surface area contributed by atoms with Gasteiger partial charge in [0.05, 0.1) is 5.69 Å². The molecule has 0 atom stereocenters. The highest BCUT2D eigenvalue weighted by atomic mass is 35.5. The number of hydrogen-bond acceptors (Lipinski definition) is 4. The molecule has 0 saturated carbocycles. The minimum absolute atomic E-state index is 0.00556. The van der Waals surface area contributed by atoms with Crippen LogP contribution in [0.1, 0.15) is 10.4 Å². The molecule has 4 rings (SSSR count). The molecule has 1 amide bonds. The van der Waals surface area contributed by atoms with Crippen LogP contribution in [-0.4, -0.2) is 47.0 Å². The largest absolute Gasteiger partial charge is 0.353 e. The van der Waals surface area contributed by atoms with Gasteiger partial charge in [0.15, 0.2) is 0 Å². The highest BCUT2D eigenvalue weighted by Gasteiger charge is 2.23. The fourth-order valence-electron chi connectivity index (χ4n) is 3.21. The summed E-state index contributed by atoms with van der Waals surface area (Å²) in [5.74, 6) is 0.526. The van der Waals surface area contributed by atoms with Gasteiger partial charge in [-0.15, -0.1) is 0 Å². The van der Waals surface area contributed by atoms with Crippen molar-refractivity contribution >= 4 is 23.3 Å². The van der Waals surface area contributed by atoms with E-state index in [2.05, 4.69) is 14.9 Å². The summed E-state index contributed by atoms with van der Waals surface area (Å²) in [5, 5.41) is 0.613. The van der Waals surface area contributed by atoms with Crippen molar-refractivity contribution in [2.24, 2.45) is 0 Å². The van der Waals surface area contributed by atoms with Gasteiger partial charge < -0.3 is 9.80 Å². The van der Waals surface area contributed by atoms with Crippen LogP contribution in [0.15, 0.2) is 60.9 Å². The first-order chi connectivity index (χ1) is 13.6. The lowest BCUT2D eigenvalue weighted by atomic mass is 10.1. The second-order valence-electron chi connectivity index (χ2n) is 6.55. The lowest BCUT2D eigenvalue weighted by molar-refractivity contribution is 0.0746. The van der Waals surface area contributed by atoms with Gasteiger partial charge in [0.25, 0.3) is 5.91 Å². The van der Waals surface area contributed by atoms with Crippen molar-refractivity contribution in [1.29, 1.82) is 0 Å². The van der Waals surface area contributed by atoms with Crippen LogP contribution in [0.2, 0.25) is 5.02 Å². The fraction of sp³-hybridized carbons (Fsp3) is 0.190. The zero-order valence-corrected chi connectivity index (χ0v) is 15.8. The Kier molecular flexibility index (Phi) is 5.21. The molecule has 2 heterocycles. The van der Waals surface area contributed by atoms with E-state index in [0.29, 0.717) is 36.8 Å². The Labute approximate surface area is 167 Å². The molecule has 1 fully saturated rings. The number of carbonyl (C=O) groups is 1. The minimum atomic E-state index is -0.278. The standard InChI is InChI=1S/C21H18ClFN4O/c22-17-5-1-16(2-6-17)21(28)27-11-9-26(10-12-27)20-13-19(24-14-25-20)15-3-7-18(23)8-4-15/h1-8,13-14H,9-12H2. The van der Waals surface area contributed by atoms with Crippen molar-refractivity contribution in [2.75, 3.05) is 31.1 Å². The highest BCUT2D eigenvalue weighted by Crippen LogP contribution is 2.22. The summed E-state index contributed by atoms with van der Waals surface area (Å²) in [7, 11) is 0. The quantitative estimate of drug-likeness (QED) is 0.673. The van der Waals surface area contributed by atoms with Gasteiger partial charge in [-0.2, -0.15) is 0 Å². The fourth-order valence-corrected chi connectivity index (χ4v) is 3.34. The second kappa shape index (κ2) is 7.94. The average molecular weight is 397 g/mol. The predicted molar refractivity (Wildman–Crippen MR) is 107 cm³/mol. The first-order valence-electron chi connectivity index (χ1n) is 8.98. The van der Waals surface area contributed by atoms with Gasteiger partial charge in [-0.05, 0) is 48.5 Å². The molecule has 3 aromatic rings. The third kappa shape index (κ3) is 3.97. The number of carbonyl (C=O) groups excluding carboxylic acids is 1. The van der Waals surface area contributed by atoms with E-state index in [1.165, 1.54) is 18.5 Å². The molecule has 1 saturated heterocycles. The number of nitrogens with zero attached hydrogens (tertiary/aromatic N) is 4. The van der Waals surface area contributed by atoms with Crippen molar-refractivity contribution in [3.05, 3.63) is 77.3 Å². The predicted octanol–water partition coefficient (Wildman–Crippen LogP) is 3.90. The molecule has 0 radical (unpaired) electrons. The first-order valence-corrected chi connectivity index (χ1v) is 9.36. The smallest absolute Gasteiger partial charge is 0.253 e. The molecule has 1 aliphatic heterocycles. The van der Waals surface area contributed by atoms with E-state index < -0.39 is 0 Å². The zero-order chi connectivity index (χ0) is 19.5. The van der Waals surface area contributed by atoms with Gasteiger partial charge in [0, 0.05) is 48.4 Å².